The Morgan fingerprint density at radius 1 is 1.53 bits per heavy atom. The SMILES string of the molecule is Nc1cc(C2CC2)cn(Cc2ncco2)c1=O. The van der Waals surface area contributed by atoms with E-state index in [1.54, 1.807) is 16.8 Å². The lowest BCUT2D eigenvalue weighted by Crippen LogP contribution is -2.23. The monoisotopic (exact) mass is 231 g/mol. The minimum atomic E-state index is -0.187. The van der Waals surface area contributed by atoms with Gasteiger partial charge in [-0.2, -0.15) is 0 Å². The summed E-state index contributed by atoms with van der Waals surface area (Å²) >= 11 is 0. The van der Waals surface area contributed by atoms with Crippen molar-refractivity contribution in [3.63, 3.8) is 0 Å². The van der Waals surface area contributed by atoms with E-state index in [2.05, 4.69) is 4.98 Å². The van der Waals surface area contributed by atoms with Crippen LogP contribution in [0.2, 0.25) is 0 Å². The number of nitrogens with zero attached hydrogens (tertiary/aromatic N) is 2. The van der Waals surface area contributed by atoms with Crippen molar-refractivity contribution in [1.29, 1.82) is 0 Å². The van der Waals surface area contributed by atoms with Crippen molar-refractivity contribution in [2.75, 3.05) is 5.73 Å². The van der Waals surface area contributed by atoms with E-state index in [9.17, 15) is 4.79 Å². The molecule has 0 atom stereocenters. The third kappa shape index (κ3) is 1.95. The summed E-state index contributed by atoms with van der Waals surface area (Å²) in [5.41, 5.74) is 6.97. The van der Waals surface area contributed by atoms with Crippen LogP contribution in [0.4, 0.5) is 5.69 Å². The fourth-order valence-electron chi connectivity index (χ4n) is 1.92. The van der Waals surface area contributed by atoms with Crippen LogP contribution in [0.1, 0.15) is 30.2 Å². The van der Waals surface area contributed by atoms with E-state index in [1.165, 1.54) is 19.1 Å². The second-order valence-corrected chi connectivity index (χ2v) is 4.36. The van der Waals surface area contributed by atoms with E-state index in [0.717, 1.165) is 5.56 Å². The maximum absolute atomic E-state index is 11.9. The molecule has 2 aromatic heterocycles. The molecule has 0 bridgehead atoms. The minimum absolute atomic E-state index is 0.187. The molecule has 0 amide bonds. The average Bonchev–Trinajstić information content (AvgIpc) is 3.04. The van der Waals surface area contributed by atoms with Gasteiger partial charge in [0.05, 0.1) is 11.9 Å². The minimum Gasteiger partial charge on any atom is -0.447 e. The van der Waals surface area contributed by atoms with Crippen molar-refractivity contribution in [3.8, 4) is 0 Å². The van der Waals surface area contributed by atoms with E-state index in [1.807, 2.05) is 6.20 Å². The summed E-state index contributed by atoms with van der Waals surface area (Å²) in [7, 11) is 0. The number of anilines is 1. The van der Waals surface area contributed by atoms with Gasteiger partial charge in [-0.1, -0.05) is 0 Å². The molecule has 2 aromatic rings. The molecule has 2 heterocycles. The van der Waals surface area contributed by atoms with Crippen LogP contribution in [0, 0.1) is 0 Å². The third-order valence-electron chi connectivity index (χ3n) is 2.97. The number of nitrogen functional groups attached to an aromatic ring is 1. The van der Waals surface area contributed by atoms with Gasteiger partial charge in [0.1, 0.15) is 12.8 Å². The molecule has 0 radical (unpaired) electrons. The van der Waals surface area contributed by atoms with Crippen LogP contribution < -0.4 is 11.3 Å². The first-order valence-electron chi connectivity index (χ1n) is 5.62. The number of oxazole rings is 1. The molecule has 0 saturated heterocycles. The lowest BCUT2D eigenvalue weighted by atomic mass is 10.2. The topological polar surface area (TPSA) is 74.1 Å². The van der Waals surface area contributed by atoms with Crippen molar-refractivity contribution >= 4 is 5.69 Å². The maximum atomic E-state index is 11.9. The zero-order chi connectivity index (χ0) is 11.8. The van der Waals surface area contributed by atoms with Gasteiger partial charge in [-0.05, 0) is 30.4 Å². The lowest BCUT2D eigenvalue weighted by Gasteiger charge is -2.07. The number of hydrogen-bond acceptors (Lipinski definition) is 4. The van der Waals surface area contributed by atoms with Crippen LogP contribution in [-0.2, 0) is 6.54 Å². The normalized spacial score (nSPS) is 15.1. The predicted octanol–water partition coefficient (Wildman–Crippen LogP) is 1.34. The van der Waals surface area contributed by atoms with Crippen LogP contribution >= 0.6 is 0 Å². The van der Waals surface area contributed by atoms with Crippen LogP contribution in [0.25, 0.3) is 0 Å². The Morgan fingerprint density at radius 3 is 3.00 bits per heavy atom. The van der Waals surface area contributed by atoms with Gasteiger partial charge in [-0.3, -0.25) is 4.79 Å². The molecule has 88 valence electrons. The van der Waals surface area contributed by atoms with E-state index < -0.39 is 0 Å². The van der Waals surface area contributed by atoms with Gasteiger partial charge in [0, 0.05) is 6.20 Å². The molecule has 1 fully saturated rings. The number of aromatic nitrogens is 2. The van der Waals surface area contributed by atoms with E-state index in [4.69, 9.17) is 10.2 Å². The van der Waals surface area contributed by atoms with Gasteiger partial charge >= 0.3 is 0 Å². The number of pyridine rings is 1. The van der Waals surface area contributed by atoms with Gasteiger partial charge < -0.3 is 14.7 Å². The second kappa shape index (κ2) is 3.76. The molecule has 0 unspecified atom stereocenters. The van der Waals surface area contributed by atoms with Crippen molar-refractivity contribution in [1.82, 2.24) is 9.55 Å². The molecule has 1 saturated carbocycles. The Hall–Kier alpha value is -2.04. The molecule has 0 spiro atoms. The van der Waals surface area contributed by atoms with E-state index >= 15 is 0 Å². The van der Waals surface area contributed by atoms with Gasteiger partial charge in [-0.15, -0.1) is 0 Å². The Morgan fingerprint density at radius 2 is 2.35 bits per heavy atom. The summed E-state index contributed by atoms with van der Waals surface area (Å²) in [5, 5.41) is 0. The highest BCUT2D eigenvalue weighted by Gasteiger charge is 2.24. The number of rotatable bonds is 3. The zero-order valence-electron chi connectivity index (χ0n) is 9.30. The fourth-order valence-corrected chi connectivity index (χ4v) is 1.92. The summed E-state index contributed by atoms with van der Waals surface area (Å²) in [4.78, 5) is 15.9. The highest BCUT2D eigenvalue weighted by molar-refractivity contribution is 5.40. The van der Waals surface area contributed by atoms with Gasteiger partial charge in [0.15, 0.2) is 0 Å². The third-order valence-corrected chi connectivity index (χ3v) is 2.97. The molecule has 1 aliphatic carbocycles. The van der Waals surface area contributed by atoms with Gasteiger partial charge in [0.25, 0.3) is 5.56 Å². The first kappa shape index (κ1) is 10.1. The average molecular weight is 231 g/mol. The zero-order valence-corrected chi connectivity index (χ0v) is 9.30. The Bertz CT molecular complexity index is 582. The summed E-state index contributed by atoms with van der Waals surface area (Å²) in [6.07, 6.45) is 7.27. The Kier molecular flexibility index (Phi) is 2.24. The summed E-state index contributed by atoms with van der Waals surface area (Å²) < 4.78 is 6.70. The van der Waals surface area contributed by atoms with Crippen molar-refractivity contribution in [3.05, 3.63) is 46.5 Å². The van der Waals surface area contributed by atoms with Crippen molar-refractivity contribution in [2.24, 2.45) is 0 Å². The van der Waals surface area contributed by atoms with E-state index in [0.29, 0.717) is 24.0 Å². The highest BCUT2D eigenvalue weighted by Crippen LogP contribution is 2.39. The lowest BCUT2D eigenvalue weighted by molar-refractivity contribution is 0.474. The quantitative estimate of drug-likeness (QED) is 0.865. The molecule has 1 aliphatic rings. The summed E-state index contributed by atoms with van der Waals surface area (Å²) in [6, 6.07) is 1.78. The Balaban J connectivity index is 1.99. The van der Waals surface area contributed by atoms with Crippen molar-refractivity contribution in [2.45, 2.75) is 25.3 Å². The second-order valence-electron chi connectivity index (χ2n) is 4.36. The molecule has 0 aliphatic heterocycles. The fraction of sp³-hybridized carbons (Fsp3) is 0.333. The molecular weight excluding hydrogens is 218 g/mol. The first-order chi connectivity index (χ1) is 8.24. The molecule has 2 N–H and O–H groups in total. The molecule has 3 rings (SSSR count). The first-order valence-corrected chi connectivity index (χ1v) is 5.62. The number of hydrogen-bond donors (Lipinski definition) is 1. The molecule has 5 heteroatoms. The number of nitrogens with two attached hydrogens (primary N) is 1. The molecular formula is C12H13N3O2. The van der Waals surface area contributed by atoms with E-state index in [-0.39, 0.29) is 5.56 Å². The predicted molar refractivity (Wildman–Crippen MR) is 62.7 cm³/mol. The van der Waals surface area contributed by atoms with Gasteiger partial charge in [-0.25, -0.2) is 4.98 Å². The van der Waals surface area contributed by atoms with Crippen LogP contribution in [0.5, 0.6) is 0 Å². The van der Waals surface area contributed by atoms with Crippen LogP contribution in [0.3, 0.4) is 0 Å². The van der Waals surface area contributed by atoms with Crippen LogP contribution in [0.15, 0.2) is 33.9 Å². The smallest absolute Gasteiger partial charge is 0.274 e. The standard InChI is InChI=1S/C12H13N3O2/c13-10-5-9(8-1-2-8)6-15(12(10)16)7-11-14-3-4-17-11/h3-6,8H,1-2,7,13H2. The van der Waals surface area contributed by atoms with Gasteiger partial charge in [0.2, 0.25) is 5.89 Å². The maximum Gasteiger partial charge on any atom is 0.274 e. The highest BCUT2D eigenvalue weighted by atomic mass is 16.3. The summed E-state index contributed by atoms with van der Waals surface area (Å²) in [6.45, 7) is 0.330. The largest absolute Gasteiger partial charge is 0.447 e. The molecule has 17 heavy (non-hydrogen) atoms. The molecule has 5 nitrogen and oxygen atoms in total. The Labute approximate surface area is 97.9 Å². The van der Waals surface area contributed by atoms with Crippen molar-refractivity contribution < 1.29 is 4.42 Å². The van der Waals surface area contributed by atoms with Crippen LogP contribution in [-0.4, -0.2) is 9.55 Å². The summed E-state index contributed by atoms with van der Waals surface area (Å²) in [5.74, 6) is 1.08. The molecule has 0 aromatic carbocycles.